The van der Waals surface area contributed by atoms with Gasteiger partial charge in [-0.25, -0.2) is 18.4 Å². The van der Waals surface area contributed by atoms with Crippen LogP contribution < -0.4 is 10.6 Å². The van der Waals surface area contributed by atoms with Crippen LogP contribution in [0.25, 0.3) is 11.1 Å². The van der Waals surface area contributed by atoms with Crippen LogP contribution in [0.3, 0.4) is 0 Å². The molecule has 0 bridgehead atoms. The molecule has 4 rings (SSSR count). The van der Waals surface area contributed by atoms with E-state index in [1.54, 1.807) is 0 Å². The van der Waals surface area contributed by atoms with Crippen molar-refractivity contribution in [3.8, 4) is 23.0 Å². The molecule has 2 aromatic carbocycles. The summed E-state index contributed by atoms with van der Waals surface area (Å²) < 4.78 is 33.7. The van der Waals surface area contributed by atoms with Crippen molar-refractivity contribution in [3.05, 3.63) is 59.7 Å². The number of hydrogen-bond donors (Lipinski definition) is 3. The van der Waals surface area contributed by atoms with E-state index in [9.17, 15) is 23.2 Å². The lowest BCUT2D eigenvalue weighted by Gasteiger charge is -2.14. The number of fused-ring (bicyclic) bond motifs is 3. The molecule has 9 heteroatoms. The number of hydrogen-bond acceptors (Lipinski definition) is 4. The van der Waals surface area contributed by atoms with E-state index in [1.807, 2.05) is 48.5 Å². The van der Waals surface area contributed by atoms with E-state index in [1.165, 1.54) is 6.92 Å². The zero-order chi connectivity index (χ0) is 25.2. The largest absolute Gasteiger partial charge is 0.480 e. The van der Waals surface area contributed by atoms with Crippen LogP contribution in [-0.2, 0) is 14.3 Å². The standard InChI is InChI=1S/C26H24F2N2O5/c1-2-3-12-21(24(32)33)30-23(31)22-20(26(22,27)28)13-29-25(34)35-14-19-17-10-6-4-8-15(17)16-9-5-7-11-18(16)19/h4-11,19-22H,12-14H2,1H3,(H,29,34)(H,30,31)(H,32,33)/t20-,21?,22-/m0/s1. The van der Waals surface area contributed by atoms with Crippen molar-refractivity contribution in [2.45, 2.75) is 31.2 Å². The Bertz CT molecular complexity index is 1170. The topological polar surface area (TPSA) is 105 Å². The number of nitrogens with one attached hydrogen (secondary N) is 2. The third kappa shape index (κ3) is 4.83. The number of aliphatic carboxylic acids is 1. The van der Waals surface area contributed by atoms with Crippen molar-refractivity contribution in [2.24, 2.45) is 11.8 Å². The summed E-state index contributed by atoms with van der Waals surface area (Å²) in [5, 5.41) is 13.6. The Hall–Kier alpha value is -3.93. The first kappa shape index (κ1) is 24.2. The Morgan fingerprint density at radius 1 is 1.09 bits per heavy atom. The van der Waals surface area contributed by atoms with Gasteiger partial charge < -0.3 is 20.5 Å². The van der Waals surface area contributed by atoms with Crippen LogP contribution in [0, 0.1) is 23.7 Å². The van der Waals surface area contributed by atoms with Gasteiger partial charge in [-0.3, -0.25) is 4.79 Å². The van der Waals surface area contributed by atoms with E-state index in [4.69, 9.17) is 9.84 Å². The summed E-state index contributed by atoms with van der Waals surface area (Å²) in [6.45, 7) is 1.05. The van der Waals surface area contributed by atoms with E-state index in [0.717, 1.165) is 22.3 Å². The van der Waals surface area contributed by atoms with Gasteiger partial charge in [0.1, 0.15) is 18.6 Å². The molecule has 3 N–H and O–H groups in total. The number of carbonyl (C=O) groups is 3. The first-order valence-corrected chi connectivity index (χ1v) is 11.1. The summed E-state index contributed by atoms with van der Waals surface area (Å²) in [4.78, 5) is 35.7. The van der Waals surface area contributed by atoms with Gasteiger partial charge in [0.25, 0.3) is 5.92 Å². The number of carboxylic acid groups (broad SMARTS) is 1. The van der Waals surface area contributed by atoms with Crippen LogP contribution in [-0.4, -0.2) is 48.2 Å². The summed E-state index contributed by atoms with van der Waals surface area (Å²) in [6, 6.07) is 14.2. The van der Waals surface area contributed by atoms with Gasteiger partial charge in [0.05, 0.1) is 5.92 Å². The van der Waals surface area contributed by atoms with Gasteiger partial charge in [0.15, 0.2) is 0 Å². The number of halogens is 2. The van der Waals surface area contributed by atoms with E-state index in [0.29, 0.717) is 0 Å². The highest BCUT2D eigenvalue weighted by molar-refractivity contribution is 5.88. The first-order chi connectivity index (χ1) is 16.8. The maximum absolute atomic E-state index is 14.2. The predicted molar refractivity (Wildman–Crippen MR) is 123 cm³/mol. The highest BCUT2D eigenvalue weighted by atomic mass is 19.3. The summed E-state index contributed by atoms with van der Waals surface area (Å²) in [5.41, 5.74) is 4.17. The van der Waals surface area contributed by atoms with Crippen LogP contribution in [0.1, 0.15) is 30.4 Å². The van der Waals surface area contributed by atoms with Crippen LogP contribution in [0.2, 0.25) is 0 Å². The SMILES string of the molecule is CC#CCC(NC(=O)[C@@H]1[C@H](CNC(=O)OCC2c3ccccc3-c3ccccc32)C1(F)F)C(=O)O. The summed E-state index contributed by atoms with van der Waals surface area (Å²) in [7, 11) is 0. The van der Waals surface area contributed by atoms with Crippen LogP contribution in [0.5, 0.6) is 0 Å². The molecule has 1 fully saturated rings. The third-order valence-corrected chi connectivity index (χ3v) is 6.39. The Kier molecular flexibility index (Phi) is 6.74. The predicted octanol–water partition coefficient (Wildman–Crippen LogP) is 3.39. The van der Waals surface area contributed by atoms with Crippen molar-refractivity contribution in [1.82, 2.24) is 10.6 Å². The fourth-order valence-corrected chi connectivity index (χ4v) is 4.51. The Morgan fingerprint density at radius 3 is 2.26 bits per heavy atom. The number of carbonyl (C=O) groups excluding carboxylic acids is 2. The summed E-state index contributed by atoms with van der Waals surface area (Å²) >= 11 is 0. The van der Waals surface area contributed by atoms with Crippen molar-refractivity contribution in [3.63, 3.8) is 0 Å². The fraction of sp³-hybridized carbons (Fsp3) is 0.346. The van der Waals surface area contributed by atoms with Gasteiger partial charge in [0.2, 0.25) is 5.91 Å². The second kappa shape index (κ2) is 9.74. The molecule has 0 aliphatic heterocycles. The lowest BCUT2D eigenvalue weighted by atomic mass is 9.98. The molecular weight excluding hydrogens is 458 g/mol. The maximum Gasteiger partial charge on any atom is 0.407 e. The van der Waals surface area contributed by atoms with Gasteiger partial charge in [-0.1, -0.05) is 48.5 Å². The zero-order valence-corrected chi connectivity index (χ0v) is 18.9. The van der Waals surface area contributed by atoms with E-state index in [-0.39, 0.29) is 18.9 Å². The van der Waals surface area contributed by atoms with Crippen molar-refractivity contribution >= 4 is 18.0 Å². The molecule has 2 aliphatic rings. The molecule has 182 valence electrons. The van der Waals surface area contributed by atoms with Gasteiger partial charge in [0, 0.05) is 18.9 Å². The number of rotatable bonds is 8. The number of amides is 2. The van der Waals surface area contributed by atoms with E-state index >= 15 is 0 Å². The highest BCUT2D eigenvalue weighted by Gasteiger charge is 2.71. The van der Waals surface area contributed by atoms with Crippen molar-refractivity contribution in [2.75, 3.05) is 13.2 Å². The molecule has 2 aliphatic carbocycles. The molecular formula is C26H24F2N2O5. The fourth-order valence-electron chi connectivity index (χ4n) is 4.51. The van der Waals surface area contributed by atoms with E-state index in [2.05, 4.69) is 22.5 Å². The lowest BCUT2D eigenvalue weighted by Crippen LogP contribution is -2.42. The quantitative estimate of drug-likeness (QED) is 0.501. The molecule has 1 saturated carbocycles. The molecule has 2 amide bonds. The third-order valence-electron chi connectivity index (χ3n) is 6.39. The minimum absolute atomic E-state index is 0.0313. The summed E-state index contributed by atoms with van der Waals surface area (Å²) in [5.74, 6) is -4.15. The Labute approximate surface area is 200 Å². The Balaban J connectivity index is 1.31. The molecule has 7 nitrogen and oxygen atoms in total. The average molecular weight is 482 g/mol. The van der Waals surface area contributed by atoms with Crippen LogP contribution >= 0.6 is 0 Å². The smallest absolute Gasteiger partial charge is 0.407 e. The van der Waals surface area contributed by atoms with Gasteiger partial charge in [-0.05, 0) is 29.2 Å². The minimum Gasteiger partial charge on any atom is -0.480 e. The Morgan fingerprint density at radius 2 is 1.69 bits per heavy atom. The van der Waals surface area contributed by atoms with Crippen LogP contribution in [0.15, 0.2) is 48.5 Å². The van der Waals surface area contributed by atoms with Gasteiger partial charge in [-0.15, -0.1) is 11.8 Å². The minimum atomic E-state index is -3.36. The molecule has 0 radical (unpaired) electrons. The highest BCUT2D eigenvalue weighted by Crippen LogP contribution is 2.55. The molecule has 0 saturated heterocycles. The van der Waals surface area contributed by atoms with Crippen LogP contribution in [0.4, 0.5) is 13.6 Å². The normalized spacial score (nSPS) is 19.9. The second-order valence-corrected chi connectivity index (χ2v) is 8.50. The monoisotopic (exact) mass is 482 g/mol. The van der Waals surface area contributed by atoms with Gasteiger partial charge in [-0.2, -0.15) is 0 Å². The molecule has 3 atom stereocenters. The maximum atomic E-state index is 14.2. The van der Waals surface area contributed by atoms with Crippen molar-refractivity contribution in [1.29, 1.82) is 0 Å². The number of benzene rings is 2. The molecule has 35 heavy (non-hydrogen) atoms. The molecule has 0 heterocycles. The first-order valence-electron chi connectivity index (χ1n) is 11.1. The van der Waals surface area contributed by atoms with Gasteiger partial charge >= 0.3 is 12.1 Å². The number of carboxylic acids is 1. The van der Waals surface area contributed by atoms with Crippen molar-refractivity contribution < 1.29 is 33.0 Å². The summed E-state index contributed by atoms with van der Waals surface area (Å²) in [6.07, 6.45) is -1.06. The second-order valence-electron chi connectivity index (χ2n) is 8.50. The number of alkyl halides is 2. The lowest BCUT2D eigenvalue weighted by molar-refractivity contribution is -0.142. The molecule has 0 aromatic heterocycles. The molecule has 1 unspecified atom stereocenters. The van der Waals surface area contributed by atoms with E-state index < -0.39 is 48.3 Å². The molecule has 2 aromatic rings. The average Bonchev–Trinajstić information content (AvgIpc) is 3.25. The number of alkyl carbamates (subject to hydrolysis) is 1. The molecule has 0 spiro atoms. The number of ether oxygens (including phenoxy) is 1. The zero-order valence-electron chi connectivity index (χ0n) is 18.9.